The number of carbonyl (C=O) groups is 2. The standard InChI is InChI=1S/C12H18O6/c1-4-8-9(10(13)16-5-2)12(15,7-18-8)11(14)17-6-3/h15H,4-7H2,1-3H3. The number of hydrogen-bond acceptors (Lipinski definition) is 6. The molecule has 1 atom stereocenters. The van der Waals surface area contributed by atoms with Gasteiger partial charge in [-0.2, -0.15) is 0 Å². The lowest BCUT2D eigenvalue weighted by molar-refractivity contribution is -0.165. The largest absolute Gasteiger partial charge is 0.493 e. The predicted octanol–water partition coefficient (Wildman–Crippen LogP) is 0.538. The average Bonchev–Trinajstić information content (AvgIpc) is 2.68. The first-order valence-electron chi connectivity index (χ1n) is 5.94. The zero-order valence-electron chi connectivity index (χ0n) is 10.8. The molecule has 0 aromatic heterocycles. The van der Waals surface area contributed by atoms with Crippen LogP contribution >= 0.6 is 0 Å². The van der Waals surface area contributed by atoms with Crippen molar-refractivity contribution in [2.45, 2.75) is 32.8 Å². The second kappa shape index (κ2) is 5.86. The molecule has 0 aromatic rings. The summed E-state index contributed by atoms with van der Waals surface area (Å²) in [6.07, 6.45) is 0.385. The minimum atomic E-state index is -2.06. The minimum absolute atomic E-state index is 0.110. The van der Waals surface area contributed by atoms with Crippen molar-refractivity contribution in [3.63, 3.8) is 0 Å². The van der Waals surface area contributed by atoms with Crippen molar-refractivity contribution in [3.8, 4) is 0 Å². The number of allylic oxidation sites excluding steroid dienone is 1. The molecule has 0 amide bonds. The molecule has 0 radical (unpaired) electrons. The average molecular weight is 258 g/mol. The Labute approximate surface area is 106 Å². The molecular weight excluding hydrogens is 240 g/mol. The Morgan fingerprint density at radius 1 is 1.28 bits per heavy atom. The van der Waals surface area contributed by atoms with Crippen LogP contribution in [0.15, 0.2) is 11.3 Å². The van der Waals surface area contributed by atoms with Crippen LogP contribution in [0.2, 0.25) is 0 Å². The highest BCUT2D eigenvalue weighted by Crippen LogP contribution is 2.33. The molecule has 0 saturated heterocycles. The Bertz CT molecular complexity index is 373. The number of carbonyl (C=O) groups excluding carboxylic acids is 2. The molecule has 1 aliphatic heterocycles. The molecule has 0 spiro atoms. The van der Waals surface area contributed by atoms with Gasteiger partial charge in [0.2, 0.25) is 5.60 Å². The minimum Gasteiger partial charge on any atom is -0.493 e. The molecule has 102 valence electrons. The van der Waals surface area contributed by atoms with Crippen LogP contribution in [-0.2, 0) is 23.8 Å². The Balaban J connectivity index is 3.09. The fourth-order valence-electron chi connectivity index (χ4n) is 1.74. The lowest BCUT2D eigenvalue weighted by Crippen LogP contribution is -2.45. The number of esters is 2. The molecule has 0 aromatic carbocycles. The Morgan fingerprint density at radius 2 is 1.89 bits per heavy atom. The van der Waals surface area contributed by atoms with E-state index in [4.69, 9.17) is 14.2 Å². The van der Waals surface area contributed by atoms with Gasteiger partial charge in [0.15, 0.2) is 0 Å². The molecule has 1 unspecified atom stereocenters. The summed E-state index contributed by atoms with van der Waals surface area (Å²) in [5.41, 5.74) is -2.21. The lowest BCUT2D eigenvalue weighted by atomic mass is 9.95. The molecule has 1 rings (SSSR count). The number of aliphatic hydroxyl groups is 1. The molecule has 0 saturated carbocycles. The molecule has 6 heteroatoms. The maximum atomic E-state index is 11.8. The first kappa shape index (κ1) is 14.5. The first-order chi connectivity index (χ1) is 8.51. The number of ether oxygens (including phenoxy) is 3. The zero-order valence-corrected chi connectivity index (χ0v) is 10.8. The van der Waals surface area contributed by atoms with Gasteiger partial charge in [0, 0.05) is 6.42 Å². The third-order valence-electron chi connectivity index (χ3n) is 2.56. The van der Waals surface area contributed by atoms with Gasteiger partial charge in [0.25, 0.3) is 0 Å². The van der Waals surface area contributed by atoms with Gasteiger partial charge in [-0.05, 0) is 13.8 Å². The van der Waals surface area contributed by atoms with Gasteiger partial charge in [0.05, 0.1) is 13.2 Å². The third kappa shape index (κ3) is 2.48. The van der Waals surface area contributed by atoms with E-state index in [1.165, 1.54) is 0 Å². The van der Waals surface area contributed by atoms with Gasteiger partial charge < -0.3 is 19.3 Å². The van der Waals surface area contributed by atoms with Gasteiger partial charge in [-0.1, -0.05) is 6.92 Å². The number of hydrogen-bond donors (Lipinski definition) is 1. The van der Waals surface area contributed by atoms with E-state index < -0.39 is 17.5 Å². The van der Waals surface area contributed by atoms with Gasteiger partial charge in [-0.3, -0.25) is 0 Å². The molecule has 18 heavy (non-hydrogen) atoms. The van der Waals surface area contributed by atoms with E-state index in [1.807, 2.05) is 0 Å². The molecule has 6 nitrogen and oxygen atoms in total. The van der Waals surface area contributed by atoms with Crippen LogP contribution in [0.1, 0.15) is 27.2 Å². The molecule has 0 bridgehead atoms. The van der Waals surface area contributed by atoms with E-state index in [0.717, 1.165) is 0 Å². The summed E-state index contributed by atoms with van der Waals surface area (Å²) in [5, 5.41) is 10.3. The Morgan fingerprint density at radius 3 is 2.39 bits per heavy atom. The molecule has 1 aliphatic rings. The normalized spacial score (nSPS) is 22.7. The van der Waals surface area contributed by atoms with Crippen molar-refractivity contribution in [1.29, 1.82) is 0 Å². The second-order valence-corrected chi connectivity index (χ2v) is 3.74. The van der Waals surface area contributed by atoms with Gasteiger partial charge in [-0.25, -0.2) is 9.59 Å². The second-order valence-electron chi connectivity index (χ2n) is 3.74. The summed E-state index contributed by atoms with van der Waals surface area (Å²) >= 11 is 0. The fourth-order valence-corrected chi connectivity index (χ4v) is 1.74. The van der Waals surface area contributed by atoms with Crippen LogP contribution in [0.25, 0.3) is 0 Å². The maximum Gasteiger partial charge on any atom is 0.346 e. The van der Waals surface area contributed by atoms with Crippen LogP contribution in [0, 0.1) is 0 Å². The Hall–Kier alpha value is -1.56. The highest BCUT2D eigenvalue weighted by Gasteiger charge is 2.52. The summed E-state index contributed by atoms with van der Waals surface area (Å²) in [7, 11) is 0. The summed E-state index contributed by atoms with van der Waals surface area (Å²) < 4.78 is 14.8. The first-order valence-corrected chi connectivity index (χ1v) is 5.94. The van der Waals surface area contributed by atoms with Crippen molar-refractivity contribution < 1.29 is 28.9 Å². The van der Waals surface area contributed by atoms with E-state index in [9.17, 15) is 14.7 Å². The van der Waals surface area contributed by atoms with Gasteiger partial charge in [0.1, 0.15) is 17.9 Å². The van der Waals surface area contributed by atoms with E-state index in [2.05, 4.69) is 0 Å². The maximum absolute atomic E-state index is 11.8. The van der Waals surface area contributed by atoms with Gasteiger partial charge >= 0.3 is 11.9 Å². The topological polar surface area (TPSA) is 82.1 Å². The third-order valence-corrected chi connectivity index (χ3v) is 2.56. The van der Waals surface area contributed by atoms with Crippen molar-refractivity contribution >= 4 is 11.9 Å². The van der Waals surface area contributed by atoms with Crippen LogP contribution in [0.3, 0.4) is 0 Å². The van der Waals surface area contributed by atoms with Crippen molar-refractivity contribution in [2.75, 3.05) is 19.8 Å². The van der Waals surface area contributed by atoms with Crippen LogP contribution < -0.4 is 0 Å². The fraction of sp³-hybridized carbons (Fsp3) is 0.667. The summed E-state index contributed by atoms with van der Waals surface area (Å²) in [6.45, 7) is 4.96. The Kier molecular flexibility index (Phi) is 4.72. The number of rotatable bonds is 5. The van der Waals surface area contributed by atoms with Crippen molar-refractivity contribution in [1.82, 2.24) is 0 Å². The summed E-state index contributed by atoms with van der Waals surface area (Å²) in [6, 6.07) is 0. The van der Waals surface area contributed by atoms with Crippen molar-refractivity contribution in [3.05, 3.63) is 11.3 Å². The smallest absolute Gasteiger partial charge is 0.346 e. The lowest BCUT2D eigenvalue weighted by Gasteiger charge is -2.20. The zero-order chi connectivity index (χ0) is 13.8. The van der Waals surface area contributed by atoms with E-state index in [-0.39, 0.29) is 31.2 Å². The monoisotopic (exact) mass is 258 g/mol. The highest BCUT2D eigenvalue weighted by molar-refractivity contribution is 6.01. The molecule has 1 heterocycles. The summed E-state index contributed by atoms with van der Waals surface area (Å²) in [4.78, 5) is 23.6. The van der Waals surface area contributed by atoms with Crippen molar-refractivity contribution in [2.24, 2.45) is 0 Å². The SMILES string of the molecule is CCOC(=O)C1=C(CC)OCC1(O)C(=O)OCC. The molecule has 1 N–H and O–H groups in total. The van der Waals surface area contributed by atoms with E-state index in [0.29, 0.717) is 6.42 Å². The quantitative estimate of drug-likeness (QED) is 0.725. The van der Waals surface area contributed by atoms with Crippen LogP contribution in [0.4, 0.5) is 0 Å². The molecule has 0 fully saturated rings. The van der Waals surface area contributed by atoms with Crippen LogP contribution in [-0.4, -0.2) is 42.5 Å². The van der Waals surface area contributed by atoms with Crippen LogP contribution in [0.5, 0.6) is 0 Å². The van der Waals surface area contributed by atoms with E-state index in [1.54, 1.807) is 20.8 Å². The molecular formula is C12H18O6. The predicted molar refractivity (Wildman–Crippen MR) is 61.5 cm³/mol. The van der Waals surface area contributed by atoms with E-state index >= 15 is 0 Å². The molecule has 0 aliphatic carbocycles. The summed E-state index contributed by atoms with van der Waals surface area (Å²) in [5.74, 6) is -1.37. The highest BCUT2D eigenvalue weighted by atomic mass is 16.6. The van der Waals surface area contributed by atoms with Gasteiger partial charge in [-0.15, -0.1) is 0 Å².